The van der Waals surface area contributed by atoms with E-state index in [1.165, 1.54) is 5.56 Å². The zero-order valence-corrected chi connectivity index (χ0v) is 11.5. The highest BCUT2D eigenvalue weighted by molar-refractivity contribution is 5.80. The van der Waals surface area contributed by atoms with E-state index in [0.717, 1.165) is 12.1 Å². The first-order valence-electron chi connectivity index (χ1n) is 6.39. The van der Waals surface area contributed by atoms with E-state index in [-0.39, 0.29) is 6.04 Å². The Balaban J connectivity index is 2.13. The highest BCUT2D eigenvalue weighted by Crippen LogP contribution is 2.26. The Hall–Kier alpha value is -1.59. The first-order chi connectivity index (χ1) is 9.26. The van der Waals surface area contributed by atoms with E-state index in [0.29, 0.717) is 25.7 Å². The lowest BCUT2D eigenvalue weighted by Gasteiger charge is -2.26. The molecule has 0 bridgehead atoms. The van der Waals surface area contributed by atoms with Crippen LogP contribution in [0.3, 0.4) is 0 Å². The third-order valence-corrected chi connectivity index (χ3v) is 3.28. The highest BCUT2D eigenvalue weighted by atomic mass is 16.5. The largest absolute Gasteiger partial charge is 0.383 e. The van der Waals surface area contributed by atoms with E-state index in [1.807, 2.05) is 6.07 Å². The topological polar surface area (TPSA) is 60.1 Å². The number of hydrogen-bond acceptors (Lipinski definition) is 5. The van der Waals surface area contributed by atoms with Crippen LogP contribution < -0.4 is 5.73 Å². The molecule has 5 nitrogen and oxygen atoms in total. The lowest BCUT2D eigenvalue weighted by atomic mass is 10.0. The van der Waals surface area contributed by atoms with Crippen molar-refractivity contribution in [3.63, 3.8) is 0 Å². The Labute approximate surface area is 114 Å². The van der Waals surface area contributed by atoms with E-state index in [2.05, 4.69) is 28.1 Å². The van der Waals surface area contributed by atoms with Gasteiger partial charge in [0.1, 0.15) is 0 Å². The lowest BCUT2D eigenvalue weighted by Crippen LogP contribution is -2.38. The van der Waals surface area contributed by atoms with Crippen molar-refractivity contribution >= 4 is 5.96 Å². The average Bonchev–Trinajstić information content (AvgIpc) is 2.78. The van der Waals surface area contributed by atoms with Crippen molar-refractivity contribution in [1.29, 1.82) is 0 Å². The van der Waals surface area contributed by atoms with E-state index in [9.17, 15) is 0 Å². The first-order valence-corrected chi connectivity index (χ1v) is 6.39. The molecule has 2 N–H and O–H groups in total. The Morgan fingerprint density at radius 3 is 2.95 bits per heavy atom. The van der Waals surface area contributed by atoms with Crippen LogP contribution in [0.2, 0.25) is 0 Å². The van der Waals surface area contributed by atoms with Crippen LogP contribution in [-0.2, 0) is 16.1 Å². The Kier molecular flexibility index (Phi) is 4.76. The van der Waals surface area contributed by atoms with E-state index < -0.39 is 0 Å². The van der Waals surface area contributed by atoms with Crippen LogP contribution in [0.15, 0.2) is 29.3 Å². The maximum atomic E-state index is 5.94. The summed E-state index contributed by atoms with van der Waals surface area (Å²) in [5.41, 5.74) is 8.32. The normalized spacial score (nSPS) is 18.7. The van der Waals surface area contributed by atoms with Gasteiger partial charge in [0.05, 0.1) is 25.8 Å². The maximum absolute atomic E-state index is 5.94. The molecule has 2 rings (SSSR count). The summed E-state index contributed by atoms with van der Waals surface area (Å²) in [5, 5.41) is 0. The molecule has 5 heteroatoms. The van der Waals surface area contributed by atoms with E-state index >= 15 is 0 Å². The molecule has 104 valence electrons. The van der Waals surface area contributed by atoms with Gasteiger partial charge in [-0.1, -0.05) is 24.3 Å². The smallest absolute Gasteiger partial charge is 0.192 e. The molecule has 0 aromatic heterocycles. The van der Waals surface area contributed by atoms with Gasteiger partial charge in [0.2, 0.25) is 0 Å². The third kappa shape index (κ3) is 3.24. The van der Waals surface area contributed by atoms with Gasteiger partial charge in [-0.3, -0.25) is 4.99 Å². The Morgan fingerprint density at radius 1 is 1.37 bits per heavy atom. The number of guanidine groups is 1. The first kappa shape index (κ1) is 13.8. The van der Waals surface area contributed by atoms with E-state index in [4.69, 9.17) is 15.2 Å². The Bertz CT molecular complexity index is 448. The predicted octanol–water partition coefficient (Wildman–Crippen LogP) is 1.15. The SMILES string of the molecule is COCCN1C(N)=NCC1c1cccc(COC)c1. The van der Waals surface area contributed by atoms with Crippen LogP contribution >= 0.6 is 0 Å². The molecule has 0 radical (unpaired) electrons. The van der Waals surface area contributed by atoms with Crippen LogP contribution in [-0.4, -0.2) is 44.8 Å². The molecule has 0 amide bonds. The second kappa shape index (κ2) is 6.54. The number of hydrogen-bond donors (Lipinski definition) is 1. The average molecular weight is 263 g/mol. The van der Waals surface area contributed by atoms with Crippen molar-refractivity contribution in [2.75, 3.05) is 33.9 Å². The van der Waals surface area contributed by atoms with Gasteiger partial charge in [0.25, 0.3) is 0 Å². The number of aliphatic imine (C=N–C) groups is 1. The molecule has 1 unspecified atom stereocenters. The summed E-state index contributed by atoms with van der Waals surface area (Å²) in [6.07, 6.45) is 0. The monoisotopic (exact) mass is 263 g/mol. The molecule has 0 spiro atoms. The molecule has 0 fully saturated rings. The van der Waals surface area contributed by atoms with Crippen molar-refractivity contribution in [2.45, 2.75) is 12.6 Å². The fraction of sp³-hybridized carbons (Fsp3) is 0.500. The number of nitrogens with zero attached hydrogens (tertiary/aromatic N) is 2. The minimum atomic E-state index is 0.201. The van der Waals surface area contributed by atoms with Crippen molar-refractivity contribution in [2.24, 2.45) is 10.7 Å². The molecule has 1 aliphatic heterocycles. The Morgan fingerprint density at radius 2 is 2.21 bits per heavy atom. The van der Waals surface area contributed by atoms with Gasteiger partial charge in [0.15, 0.2) is 5.96 Å². The van der Waals surface area contributed by atoms with Crippen LogP contribution in [0.4, 0.5) is 0 Å². The molecule has 19 heavy (non-hydrogen) atoms. The molecular formula is C14H21N3O2. The number of rotatable bonds is 6. The molecule has 1 atom stereocenters. The van der Waals surface area contributed by atoms with Crippen molar-refractivity contribution in [3.05, 3.63) is 35.4 Å². The molecule has 1 heterocycles. The van der Waals surface area contributed by atoms with Crippen molar-refractivity contribution in [1.82, 2.24) is 4.90 Å². The standard InChI is InChI=1S/C14H21N3O2/c1-18-7-6-17-13(9-16-14(17)15)12-5-3-4-11(8-12)10-19-2/h3-5,8,13H,6-7,9-10H2,1-2H3,(H2,15,16). The van der Waals surface area contributed by atoms with Gasteiger partial charge in [-0.2, -0.15) is 0 Å². The summed E-state index contributed by atoms with van der Waals surface area (Å²) in [5.74, 6) is 0.596. The number of nitrogens with two attached hydrogens (primary N) is 1. The summed E-state index contributed by atoms with van der Waals surface area (Å²) < 4.78 is 10.3. The number of methoxy groups -OCH3 is 2. The summed E-state index contributed by atoms with van der Waals surface area (Å²) >= 11 is 0. The van der Waals surface area contributed by atoms with Gasteiger partial charge in [-0.05, 0) is 11.1 Å². The van der Waals surface area contributed by atoms with Gasteiger partial charge in [-0.15, -0.1) is 0 Å². The molecule has 1 aliphatic rings. The molecule has 1 aromatic rings. The zero-order chi connectivity index (χ0) is 13.7. The fourth-order valence-corrected chi connectivity index (χ4v) is 2.33. The second-order valence-electron chi connectivity index (χ2n) is 4.58. The minimum absolute atomic E-state index is 0.201. The zero-order valence-electron chi connectivity index (χ0n) is 11.5. The number of benzene rings is 1. The van der Waals surface area contributed by atoms with Gasteiger partial charge in [0, 0.05) is 20.8 Å². The molecule has 1 aromatic carbocycles. The molecule has 0 saturated heterocycles. The van der Waals surface area contributed by atoms with Crippen LogP contribution in [0, 0.1) is 0 Å². The second-order valence-corrected chi connectivity index (χ2v) is 4.58. The van der Waals surface area contributed by atoms with Gasteiger partial charge < -0.3 is 20.1 Å². The molecule has 0 aliphatic carbocycles. The van der Waals surface area contributed by atoms with Crippen molar-refractivity contribution < 1.29 is 9.47 Å². The van der Waals surface area contributed by atoms with Gasteiger partial charge in [-0.25, -0.2) is 0 Å². The quantitative estimate of drug-likeness (QED) is 0.836. The van der Waals surface area contributed by atoms with Crippen LogP contribution in [0.5, 0.6) is 0 Å². The van der Waals surface area contributed by atoms with Crippen LogP contribution in [0.1, 0.15) is 17.2 Å². The summed E-state index contributed by atoms with van der Waals surface area (Å²) in [7, 11) is 3.39. The van der Waals surface area contributed by atoms with Crippen molar-refractivity contribution in [3.8, 4) is 0 Å². The highest BCUT2D eigenvalue weighted by Gasteiger charge is 2.27. The molecule has 0 saturated carbocycles. The molecular weight excluding hydrogens is 242 g/mol. The number of ether oxygens (including phenoxy) is 2. The lowest BCUT2D eigenvalue weighted by molar-refractivity contribution is 0.166. The third-order valence-electron chi connectivity index (χ3n) is 3.28. The predicted molar refractivity (Wildman–Crippen MR) is 75.0 cm³/mol. The fourth-order valence-electron chi connectivity index (χ4n) is 2.33. The summed E-state index contributed by atoms with van der Waals surface area (Å²) in [4.78, 5) is 6.43. The van der Waals surface area contributed by atoms with E-state index in [1.54, 1.807) is 14.2 Å². The summed E-state index contributed by atoms with van der Waals surface area (Å²) in [6, 6.07) is 8.57. The minimum Gasteiger partial charge on any atom is -0.383 e. The summed E-state index contributed by atoms with van der Waals surface area (Å²) in [6.45, 7) is 2.72. The van der Waals surface area contributed by atoms with Gasteiger partial charge >= 0.3 is 0 Å². The maximum Gasteiger partial charge on any atom is 0.192 e. The van der Waals surface area contributed by atoms with Crippen LogP contribution in [0.25, 0.3) is 0 Å².